The van der Waals surface area contributed by atoms with E-state index in [1.807, 2.05) is 0 Å². The Hall–Kier alpha value is -2.74. The summed E-state index contributed by atoms with van der Waals surface area (Å²) in [6.07, 6.45) is -0.676. The van der Waals surface area contributed by atoms with Crippen LogP contribution >= 0.6 is 0 Å². The van der Waals surface area contributed by atoms with Gasteiger partial charge in [0.15, 0.2) is 6.10 Å². The maximum absolute atomic E-state index is 12.4. The Labute approximate surface area is 147 Å². The van der Waals surface area contributed by atoms with Crippen LogP contribution in [0, 0.1) is 0 Å². The lowest BCUT2D eigenvalue weighted by Gasteiger charge is -2.14. The Morgan fingerprint density at radius 3 is 2.08 bits per heavy atom. The normalized spacial score (nSPS) is 12.1. The molecule has 0 aliphatic rings. The zero-order valence-corrected chi connectivity index (χ0v) is 15.0. The van der Waals surface area contributed by atoms with Gasteiger partial charge in [0.05, 0.1) is 12.0 Å². The van der Waals surface area contributed by atoms with Gasteiger partial charge in [-0.15, -0.1) is 0 Å². The smallest absolute Gasteiger partial charge is 0.261 e. The van der Waals surface area contributed by atoms with Gasteiger partial charge in [0.2, 0.25) is 0 Å². The number of amides is 1. The van der Waals surface area contributed by atoms with Crippen molar-refractivity contribution in [3.05, 3.63) is 48.5 Å². The molecule has 0 spiro atoms. The van der Waals surface area contributed by atoms with Gasteiger partial charge in [-0.05, 0) is 55.5 Å². The highest BCUT2D eigenvalue weighted by atomic mass is 32.2. The van der Waals surface area contributed by atoms with Crippen molar-refractivity contribution in [1.82, 2.24) is 5.32 Å². The molecule has 0 aliphatic heterocycles. The summed E-state index contributed by atoms with van der Waals surface area (Å²) in [5.74, 6) is 0.770. The minimum Gasteiger partial charge on any atom is -0.497 e. The number of carbonyl (C=O) groups is 1. The molecule has 2 aromatic rings. The van der Waals surface area contributed by atoms with Gasteiger partial charge in [-0.3, -0.25) is 9.52 Å². The Bertz CT molecular complexity index is 817. The molecule has 2 rings (SSSR count). The Balaban J connectivity index is 2.10. The Kier molecular flexibility index (Phi) is 5.87. The van der Waals surface area contributed by atoms with E-state index in [4.69, 9.17) is 9.47 Å². The zero-order valence-electron chi connectivity index (χ0n) is 14.1. The van der Waals surface area contributed by atoms with Crippen molar-refractivity contribution >= 4 is 21.6 Å². The lowest BCUT2D eigenvalue weighted by Crippen LogP contribution is -2.33. The molecule has 0 radical (unpaired) electrons. The predicted octanol–water partition coefficient (Wildman–Crippen LogP) is 2.01. The number of methoxy groups -OCH3 is 1. The minimum absolute atomic E-state index is 0.0864. The molecule has 0 saturated heterocycles. The summed E-state index contributed by atoms with van der Waals surface area (Å²) < 4.78 is 37.8. The molecule has 0 saturated carbocycles. The van der Waals surface area contributed by atoms with Crippen molar-refractivity contribution in [3.63, 3.8) is 0 Å². The van der Waals surface area contributed by atoms with Gasteiger partial charge in [-0.1, -0.05) is 0 Å². The van der Waals surface area contributed by atoms with Crippen LogP contribution in [0.2, 0.25) is 0 Å². The number of likely N-dealkylation sites (N-methyl/N-ethyl adjacent to an activating group) is 1. The zero-order chi connectivity index (χ0) is 18.4. The summed E-state index contributed by atoms with van der Waals surface area (Å²) in [5.41, 5.74) is 0.425. The van der Waals surface area contributed by atoms with Gasteiger partial charge in [0, 0.05) is 12.7 Å². The molecule has 134 valence electrons. The molecule has 1 amide bonds. The topological polar surface area (TPSA) is 93.7 Å². The first-order chi connectivity index (χ1) is 11.9. The molecule has 0 fully saturated rings. The molecule has 0 unspecified atom stereocenters. The van der Waals surface area contributed by atoms with Crippen molar-refractivity contribution in [3.8, 4) is 11.5 Å². The second kappa shape index (κ2) is 7.89. The summed E-state index contributed by atoms with van der Waals surface area (Å²) in [6, 6.07) is 12.4. The average molecular weight is 364 g/mol. The van der Waals surface area contributed by atoms with Gasteiger partial charge in [-0.2, -0.15) is 0 Å². The second-order valence-electron chi connectivity index (χ2n) is 5.18. The molecule has 0 bridgehead atoms. The number of sulfonamides is 1. The van der Waals surface area contributed by atoms with E-state index in [9.17, 15) is 13.2 Å². The molecule has 0 aliphatic carbocycles. The summed E-state index contributed by atoms with van der Waals surface area (Å²) >= 11 is 0. The minimum atomic E-state index is -3.72. The SMILES string of the molecule is CNC(=O)[C@H](C)Oc1ccc(S(=O)(=O)Nc2ccc(OC)cc2)cc1. The maximum Gasteiger partial charge on any atom is 0.261 e. The number of nitrogens with one attached hydrogen (secondary N) is 2. The van der Waals surface area contributed by atoms with Crippen molar-refractivity contribution in [2.75, 3.05) is 18.9 Å². The third kappa shape index (κ3) is 4.87. The largest absolute Gasteiger partial charge is 0.497 e. The average Bonchev–Trinajstić information content (AvgIpc) is 2.61. The fourth-order valence-electron chi connectivity index (χ4n) is 2.03. The molecule has 2 N–H and O–H groups in total. The molecule has 1 atom stereocenters. The third-order valence-corrected chi connectivity index (χ3v) is 4.80. The van der Waals surface area contributed by atoms with Crippen LogP contribution in [0.4, 0.5) is 5.69 Å². The summed E-state index contributed by atoms with van der Waals surface area (Å²) in [5, 5.41) is 2.48. The number of hydrogen-bond acceptors (Lipinski definition) is 5. The summed E-state index contributed by atoms with van der Waals surface area (Å²) in [7, 11) is -0.673. The van der Waals surface area contributed by atoms with E-state index in [1.165, 1.54) is 38.4 Å². The van der Waals surface area contributed by atoms with Crippen molar-refractivity contribution in [2.24, 2.45) is 0 Å². The highest BCUT2D eigenvalue weighted by molar-refractivity contribution is 7.92. The van der Waals surface area contributed by atoms with E-state index >= 15 is 0 Å². The van der Waals surface area contributed by atoms with Crippen LogP contribution in [0.5, 0.6) is 11.5 Å². The fraction of sp³-hybridized carbons (Fsp3) is 0.235. The van der Waals surface area contributed by atoms with Crippen LogP contribution in [-0.2, 0) is 14.8 Å². The first kappa shape index (κ1) is 18.6. The predicted molar refractivity (Wildman–Crippen MR) is 94.4 cm³/mol. The molecule has 0 aromatic heterocycles. The van der Waals surface area contributed by atoms with Gasteiger partial charge in [-0.25, -0.2) is 8.42 Å². The molecule has 8 heteroatoms. The number of anilines is 1. The van der Waals surface area contributed by atoms with Crippen molar-refractivity contribution in [1.29, 1.82) is 0 Å². The molecular formula is C17H20N2O5S. The number of benzene rings is 2. The van der Waals surface area contributed by atoms with Gasteiger partial charge in [0.1, 0.15) is 11.5 Å². The third-order valence-electron chi connectivity index (χ3n) is 3.40. The summed E-state index contributed by atoms with van der Waals surface area (Å²) in [4.78, 5) is 11.5. The molecule has 2 aromatic carbocycles. The van der Waals surface area contributed by atoms with E-state index in [-0.39, 0.29) is 10.8 Å². The monoisotopic (exact) mass is 364 g/mol. The molecule has 0 heterocycles. The molecule has 25 heavy (non-hydrogen) atoms. The maximum atomic E-state index is 12.4. The molecule has 7 nitrogen and oxygen atoms in total. The van der Waals surface area contributed by atoms with E-state index in [2.05, 4.69) is 10.0 Å². The second-order valence-corrected chi connectivity index (χ2v) is 6.86. The highest BCUT2D eigenvalue weighted by Crippen LogP contribution is 2.21. The first-order valence-corrected chi connectivity index (χ1v) is 8.99. The van der Waals surface area contributed by atoms with Crippen LogP contribution < -0.4 is 19.5 Å². The number of carbonyl (C=O) groups excluding carboxylic acids is 1. The highest BCUT2D eigenvalue weighted by Gasteiger charge is 2.16. The standard InChI is InChI=1S/C17H20N2O5S/c1-12(17(20)18-2)24-15-8-10-16(11-9-15)25(21,22)19-13-4-6-14(23-3)7-5-13/h4-12,19H,1-3H3,(H,18,20)/t12-/m0/s1. The quantitative estimate of drug-likeness (QED) is 0.784. The van der Waals surface area contributed by atoms with Gasteiger partial charge >= 0.3 is 0 Å². The van der Waals surface area contributed by atoms with Crippen molar-refractivity contribution in [2.45, 2.75) is 17.9 Å². The molecular weight excluding hydrogens is 344 g/mol. The lowest BCUT2D eigenvalue weighted by molar-refractivity contribution is -0.126. The van der Waals surface area contributed by atoms with Crippen LogP contribution in [-0.4, -0.2) is 34.6 Å². The first-order valence-electron chi connectivity index (χ1n) is 7.51. The van der Waals surface area contributed by atoms with Crippen LogP contribution in [0.25, 0.3) is 0 Å². The number of hydrogen-bond donors (Lipinski definition) is 2. The summed E-state index contributed by atoms with van der Waals surface area (Å²) in [6.45, 7) is 1.61. The van der Waals surface area contributed by atoms with E-state index in [1.54, 1.807) is 31.2 Å². The lowest BCUT2D eigenvalue weighted by atomic mass is 10.3. The fourth-order valence-corrected chi connectivity index (χ4v) is 3.09. The van der Waals surface area contributed by atoms with E-state index in [0.29, 0.717) is 17.2 Å². The Morgan fingerprint density at radius 1 is 1.00 bits per heavy atom. The number of rotatable bonds is 7. The van der Waals surface area contributed by atoms with Gasteiger partial charge < -0.3 is 14.8 Å². The van der Waals surface area contributed by atoms with E-state index < -0.39 is 16.1 Å². The van der Waals surface area contributed by atoms with Gasteiger partial charge in [0.25, 0.3) is 15.9 Å². The van der Waals surface area contributed by atoms with Crippen LogP contribution in [0.3, 0.4) is 0 Å². The number of ether oxygens (including phenoxy) is 2. The van der Waals surface area contributed by atoms with E-state index in [0.717, 1.165) is 0 Å². The van der Waals surface area contributed by atoms with Crippen LogP contribution in [0.15, 0.2) is 53.4 Å². The van der Waals surface area contributed by atoms with Crippen molar-refractivity contribution < 1.29 is 22.7 Å². The van der Waals surface area contributed by atoms with Crippen LogP contribution in [0.1, 0.15) is 6.92 Å². The Morgan fingerprint density at radius 2 is 1.56 bits per heavy atom.